The Bertz CT molecular complexity index is 564. The van der Waals surface area contributed by atoms with Crippen LogP contribution in [0.1, 0.15) is 12.8 Å². The molecule has 1 aliphatic rings. The summed E-state index contributed by atoms with van der Waals surface area (Å²) in [6.07, 6.45) is 2.77. The predicted molar refractivity (Wildman–Crippen MR) is 71.8 cm³/mol. The Morgan fingerprint density at radius 1 is 1.32 bits per heavy atom. The van der Waals surface area contributed by atoms with Gasteiger partial charge in [0.15, 0.2) is 0 Å². The van der Waals surface area contributed by atoms with E-state index >= 15 is 0 Å². The van der Waals surface area contributed by atoms with E-state index in [2.05, 4.69) is 20.0 Å². The third-order valence-corrected chi connectivity index (χ3v) is 3.00. The van der Waals surface area contributed by atoms with E-state index < -0.39 is 5.54 Å². The third kappa shape index (κ3) is 2.74. The topological polar surface area (TPSA) is 94.0 Å². The average Bonchev–Trinajstić information content (AvgIpc) is 2.94. The molecule has 1 amide bonds. The molecule has 0 atom stereocenters. The summed E-state index contributed by atoms with van der Waals surface area (Å²) in [6.45, 7) is 0. The van der Waals surface area contributed by atoms with Crippen molar-refractivity contribution in [2.24, 2.45) is 5.73 Å². The first-order valence-corrected chi connectivity index (χ1v) is 5.64. The third-order valence-electron chi connectivity index (χ3n) is 3.00. The number of anilines is 1. The van der Waals surface area contributed by atoms with Crippen LogP contribution in [0.4, 0.5) is 5.69 Å². The first-order chi connectivity index (χ1) is 8.67. The fourth-order valence-corrected chi connectivity index (χ4v) is 1.62. The highest BCUT2D eigenvalue weighted by molar-refractivity contribution is 6.00. The van der Waals surface area contributed by atoms with Gasteiger partial charge < -0.3 is 15.6 Å². The summed E-state index contributed by atoms with van der Waals surface area (Å²) < 4.78 is 4.67. The maximum absolute atomic E-state index is 11.7. The van der Waals surface area contributed by atoms with Crippen LogP contribution in [0.5, 0.6) is 0 Å². The van der Waals surface area contributed by atoms with E-state index in [9.17, 15) is 4.79 Å². The van der Waals surface area contributed by atoms with Crippen LogP contribution in [-0.2, 0) is 4.79 Å². The molecule has 1 aliphatic carbocycles. The Kier molecular flexibility index (Phi) is 3.55. The molecule has 6 nitrogen and oxygen atoms in total. The minimum Gasteiger partial charge on any atom is -0.342 e. The molecule has 0 aliphatic heterocycles. The van der Waals surface area contributed by atoms with Crippen molar-refractivity contribution in [1.29, 1.82) is 0 Å². The van der Waals surface area contributed by atoms with Gasteiger partial charge in [-0.15, -0.1) is 12.4 Å². The number of halogens is 1. The number of carbonyl (C=O) groups excluding carboxylic acids is 1. The van der Waals surface area contributed by atoms with E-state index in [1.54, 1.807) is 12.1 Å². The number of hydrogen-bond acceptors (Lipinski definition) is 5. The van der Waals surface area contributed by atoms with Crippen molar-refractivity contribution >= 4 is 24.0 Å². The molecule has 0 radical (unpaired) electrons. The first-order valence-electron chi connectivity index (χ1n) is 5.64. The Morgan fingerprint density at radius 3 is 2.53 bits per heavy atom. The van der Waals surface area contributed by atoms with E-state index in [0.29, 0.717) is 11.5 Å². The number of benzene rings is 1. The van der Waals surface area contributed by atoms with Gasteiger partial charge in [-0.25, -0.2) is 0 Å². The smallest absolute Gasteiger partial charge is 0.244 e. The molecule has 7 heteroatoms. The van der Waals surface area contributed by atoms with Crippen molar-refractivity contribution in [3.63, 3.8) is 0 Å². The van der Waals surface area contributed by atoms with Gasteiger partial charge in [-0.2, -0.15) is 4.98 Å². The van der Waals surface area contributed by atoms with Gasteiger partial charge in [0.2, 0.25) is 18.1 Å². The van der Waals surface area contributed by atoms with Crippen molar-refractivity contribution < 1.29 is 9.32 Å². The lowest BCUT2D eigenvalue weighted by Gasteiger charge is -2.09. The number of carbonyl (C=O) groups is 1. The number of aromatic nitrogens is 2. The van der Waals surface area contributed by atoms with Gasteiger partial charge in [-0.05, 0) is 37.1 Å². The summed E-state index contributed by atoms with van der Waals surface area (Å²) in [7, 11) is 0. The largest absolute Gasteiger partial charge is 0.342 e. The van der Waals surface area contributed by atoms with E-state index in [0.717, 1.165) is 18.4 Å². The minimum atomic E-state index is -0.660. The number of amides is 1. The molecular weight excluding hydrogens is 268 g/mol. The summed E-state index contributed by atoms with van der Waals surface area (Å²) in [5, 5.41) is 6.52. The number of rotatable bonds is 3. The van der Waals surface area contributed by atoms with Crippen molar-refractivity contribution in [3.05, 3.63) is 30.7 Å². The van der Waals surface area contributed by atoms with E-state index in [-0.39, 0.29) is 18.3 Å². The second kappa shape index (κ2) is 4.99. The van der Waals surface area contributed by atoms with Gasteiger partial charge >= 0.3 is 0 Å². The van der Waals surface area contributed by atoms with Crippen LogP contribution in [0.2, 0.25) is 0 Å². The van der Waals surface area contributed by atoms with Gasteiger partial charge in [0, 0.05) is 11.3 Å². The molecule has 1 aromatic heterocycles. The quantitative estimate of drug-likeness (QED) is 0.890. The maximum atomic E-state index is 11.7. The van der Waals surface area contributed by atoms with Crippen LogP contribution in [0.15, 0.2) is 35.2 Å². The van der Waals surface area contributed by atoms with Gasteiger partial charge in [-0.1, -0.05) is 5.16 Å². The van der Waals surface area contributed by atoms with Crippen molar-refractivity contribution in [2.75, 3.05) is 5.32 Å². The zero-order valence-corrected chi connectivity index (χ0v) is 10.8. The predicted octanol–water partition coefficient (Wildman–Crippen LogP) is 1.59. The second-order valence-corrected chi connectivity index (χ2v) is 4.44. The van der Waals surface area contributed by atoms with Crippen molar-refractivity contribution in [2.45, 2.75) is 18.4 Å². The molecule has 1 heterocycles. The zero-order valence-electron chi connectivity index (χ0n) is 10.00. The Morgan fingerprint density at radius 2 is 2.00 bits per heavy atom. The maximum Gasteiger partial charge on any atom is 0.244 e. The fraction of sp³-hybridized carbons (Fsp3) is 0.250. The summed E-state index contributed by atoms with van der Waals surface area (Å²) >= 11 is 0. The lowest BCUT2D eigenvalue weighted by atomic mass is 10.2. The lowest BCUT2D eigenvalue weighted by Crippen LogP contribution is -2.37. The molecule has 1 saturated carbocycles. The lowest BCUT2D eigenvalue weighted by molar-refractivity contribution is -0.118. The molecule has 1 fully saturated rings. The molecule has 3 rings (SSSR count). The van der Waals surface area contributed by atoms with E-state index in [1.807, 2.05) is 12.1 Å². The van der Waals surface area contributed by atoms with Crippen LogP contribution in [0.3, 0.4) is 0 Å². The average molecular weight is 281 g/mol. The summed E-state index contributed by atoms with van der Waals surface area (Å²) in [4.78, 5) is 15.7. The Labute approximate surface area is 115 Å². The minimum absolute atomic E-state index is 0. The molecule has 0 spiro atoms. The molecule has 3 N–H and O–H groups in total. The number of nitrogens with zero attached hydrogens (tertiary/aromatic N) is 2. The van der Waals surface area contributed by atoms with Gasteiger partial charge in [0.25, 0.3) is 0 Å². The molecular formula is C12H13ClN4O2. The Balaban J connectivity index is 0.00000133. The van der Waals surface area contributed by atoms with Gasteiger partial charge in [0.05, 0.1) is 5.54 Å². The van der Waals surface area contributed by atoms with Crippen LogP contribution < -0.4 is 11.1 Å². The second-order valence-electron chi connectivity index (χ2n) is 4.44. The molecule has 19 heavy (non-hydrogen) atoms. The number of nitrogens with one attached hydrogen (secondary N) is 1. The number of nitrogens with two attached hydrogens (primary N) is 1. The van der Waals surface area contributed by atoms with Crippen LogP contribution >= 0.6 is 12.4 Å². The van der Waals surface area contributed by atoms with E-state index in [4.69, 9.17) is 5.73 Å². The fourth-order valence-electron chi connectivity index (χ4n) is 1.62. The molecule has 100 valence electrons. The molecule has 1 aromatic carbocycles. The van der Waals surface area contributed by atoms with Crippen LogP contribution in [0.25, 0.3) is 11.4 Å². The van der Waals surface area contributed by atoms with Crippen molar-refractivity contribution in [3.8, 4) is 11.4 Å². The number of hydrogen-bond donors (Lipinski definition) is 2. The zero-order chi connectivity index (χ0) is 12.6. The van der Waals surface area contributed by atoms with Crippen LogP contribution in [0, 0.1) is 0 Å². The van der Waals surface area contributed by atoms with Crippen LogP contribution in [-0.4, -0.2) is 21.6 Å². The summed E-state index contributed by atoms with van der Waals surface area (Å²) in [5.41, 5.74) is 6.68. The summed E-state index contributed by atoms with van der Waals surface area (Å²) in [6, 6.07) is 7.21. The highest BCUT2D eigenvalue weighted by atomic mass is 35.5. The molecule has 0 bridgehead atoms. The van der Waals surface area contributed by atoms with Crippen molar-refractivity contribution in [1.82, 2.24) is 10.1 Å². The highest BCUT2D eigenvalue weighted by Gasteiger charge is 2.45. The SMILES string of the molecule is Cl.NC1(C(=O)Nc2ccc(-c3ncon3)cc2)CC1. The normalized spacial score (nSPS) is 15.4. The molecule has 0 unspecified atom stereocenters. The Hall–Kier alpha value is -1.92. The molecule has 0 saturated heterocycles. The van der Waals surface area contributed by atoms with Gasteiger partial charge in [0.1, 0.15) is 0 Å². The first kappa shape index (κ1) is 13.5. The monoisotopic (exact) mass is 280 g/mol. The molecule has 2 aromatic rings. The highest BCUT2D eigenvalue weighted by Crippen LogP contribution is 2.33. The van der Waals surface area contributed by atoms with E-state index in [1.165, 1.54) is 6.39 Å². The summed E-state index contributed by atoms with van der Waals surface area (Å²) in [5.74, 6) is 0.389. The van der Waals surface area contributed by atoms with Gasteiger partial charge in [-0.3, -0.25) is 4.79 Å². The standard InChI is InChI=1S/C12H12N4O2.ClH/c13-12(5-6-12)11(17)15-9-3-1-8(2-4-9)10-14-7-18-16-10;/h1-4,7H,5-6,13H2,(H,15,17);1H.